The minimum atomic E-state index is -0.142. The molecule has 2 aromatic rings. The molecule has 5 heteroatoms. The minimum absolute atomic E-state index is 0.142. The van der Waals surface area contributed by atoms with Crippen molar-refractivity contribution in [3.8, 4) is 5.75 Å². The number of rotatable bonds is 3. The van der Waals surface area contributed by atoms with E-state index in [1.54, 1.807) is 31.3 Å². The Balaban J connectivity index is 2.19. The number of hydrogen-bond acceptors (Lipinski definition) is 3. The lowest BCUT2D eigenvalue weighted by molar-refractivity contribution is 0.0989. The molecule has 0 bridgehead atoms. The van der Waals surface area contributed by atoms with E-state index in [2.05, 4.69) is 4.98 Å². The van der Waals surface area contributed by atoms with E-state index in [4.69, 9.17) is 10.5 Å². The fourth-order valence-electron chi connectivity index (χ4n) is 1.64. The topological polar surface area (TPSA) is 71.3 Å². The van der Waals surface area contributed by atoms with Gasteiger partial charge >= 0.3 is 0 Å². The Labute approximate surface area is 105 Å². The molecule has 0 aliphatic rings. The standard InChI is InChI=1S/C13H15N3O2/c1-16(10-3-5-11(18-2)6-4-10)13(17)12-7-9(14)8-15-12/h3-8,15H,14H2,1-2H3. The zero-order valence-electron chi connectivity index (χ0n) is 10.3. The third kappa shape index (κ3) is 2.29. The Morgan fingerprint density at radius 1 is 1.33 bits per heavy atom. The Bertz CT molecular complexity index is 546. The quantitative estimate of drug-likeness (QED) is 0.867. The summed E-state index contributed by atoms with van der Waals surface area (Å²) >= 11 is 0. The normalized spacial score (nSPS) is 10.1. The van der Waals surface area contributed by atoms with Gasteiger partial charge in [0.25, 0.3) is 5.91 Å². The third-order valence-corrected chi connectivity index (χ3v) is 2.70. The van der Waals surface area contributed by atoms with Gasteiger partial charge in [-0.3, -0.25) is 4.79 Å². The molecule has 1 aromatic carbocycles. The second kappa shape index (κ2) is 4.83. The first-order valence-corrected chi connectivity index (χ1v) is 5.48. The van der Waals surface area contributed by atoms with Crippen molar-refractivity contribution >= 4 is 17.3 Å². The number of aromatic amines is 1. The number of anilines is 2. The molecule has 1 heterocycles. The van der Waals surface area contributed by atoms with Gasteiger partial charge in [0.15, 0.2) is 0 Å². The summed E-state index contributed by atoms with van der Waals surface area (Å²) in [6.07, 6.45) is 1.59. The first-order valence-electron chi connectivity index (χ1n) is 5.48. The number of nitrogens with zero attached hydrogens (tertiary/aromatic N) is 1. The number of H-pyrrole nitrogens is 1. The molecule has 2 rings (SSSR count). The number of hydrogen-bond donors (Lipinski definition) is 2. The van der Waals surface area contributed by atoms with E-state index in [0.29, 0.717) is 11.4 Å². The van der Waals surface area contributed by atoms with E-state index in [1.807, 2.05) is 24.3 Å². The summed E-state index contributed by atoms with van der Waals surface area (Å²) in [5.74, 6) is 0.612. The van der Waals surface area contributed by atoms with E-state index < -0.39 is 0 Å². The van der Waals surface area contributed by atoms with Crippen molar-refractivity contribution < 1.29 is 9.53 Å². The number of carbonyl (C=O) groups excluding carboxylic acids is 1. The summed E-state index contributed by atoms with van der Waals surface area (Å²) in [5.41, 5.74) is 7.37. The van der Waals surface area contributed by atoms with Crippen LogP contribution >= 0.6 is 0 Å². The maximum atomic E-state index is 12.1. The van der Waals surface area contributed by atoms with Crippen molar-refractivity contribution in [2.75, 3.05) is 24.8 Å². The summed E-state index contributed by atoms with van der Waals surface area (Å²) in [6, 6.07) is 8.87. The Kier molecular flexibility index (Phi) is 3.23. The van der Waals surface area contributed by atoms with Gasteiger partial charge in [-0.2, -0.15) is 0 Å². The lowest BCUT2D eigenvalue weighted by Crippen LogP contribution is -2.26. The van der Waals surface area contributed by atoms with Crippen LogP contribution in [0.25, 0.3) is 0 Å². The molecular formula is C13H15N3O2. The second-order valence-electron chi connectivity index (χ2n) is 3.91. The summed E-state index contributed by atoms with van der Waals surface area (Å²) < 4.78 is 5.07. The average molecular weight is 245 g/mol. The van der Waals surface area contributed by atoms with Gasteiger partial charge in [-0.15, -0.1) is 0 Å². The van der Waals surface area contributed by atoms with Gasteiger partial charge in [-0.1, -0.05) is 0 Å². The van der Waals surface area contributed by atoms with Crippen LogP contribution in [0.15, 0.2) is 36.5 Å². The van der Waals surface area contributed by atoms with E-state index in [-0.39, 0.29) is 5.91 Å². The van der Waals surface area contributed by atoms with Gasteiger partial charge in [-0.05, 0) is 30.3 Å². The van der Waals surface area contributed by atoms with Crippen LogP contribution in [0.3, 0.4) is 0 Å². The molecule has 18 heavy (non-hydrogen) atoms. The molecular weight excluding hydrogens is 230 g/mol. The Morgan fingerprint density at radius 2 is 2.00 bits per heavy atom. The zero-order valence-corrected chi connectivity index (χ0v) is 10.3. The van der Waals surface area contributed by atoms with Crippen LogP contribution in [0.4, 0.5) is 11.4 Å². The molecule has 0 saturated heterocycles. The summed E-state index contributed by atoms with van der Waals surface area (Å²) in [4.78, 5) is 16.5. The van der Waals surface area contributed by atoms with E-state index in [0.717, 1.165) is 11.4 Å². The maximum absolute atomic E-state index is 12.1. The maximum Gasteiger partial charge on any atom is 0.274 e. The fraction of sp³-hybridized carbons (Fsp3) is 0.154. The van der Waals surface area contributed by atoms with Crippen LogP contribution < -0.4 is 15.4 Å². The molecule has 1 aromatic heterocycles. The highest BCUT2D eigenvalue weighted by molar-refractivity contribution is 6.05. The van der Waals surface area contributed by atoms with Gasteiger partial charge in [0.1, 0.15) is 11.4 Å². The van der Waals surface area contributed by atoms with Crippen LogP contribution in [0, 0.1) is 0 Å². The number of carbonyl (C=O) groups is 1. The highest BCUT2D eigenvalue weighted by atomic mass is 16.5. The number of nitrogens with two attached hydrogens (primary N) is 1. The van der Waals surface area contributed by atoms with Crippen molar-refractivity contribution in [3.05, 3.63) is 42.2 Å². The summed E-state index contributed by atoms with van der Waals surface area (Å²) in [5, 5.41) is 0. The number of aromatic nitrogens is 1. The number of ether oxygens (including phenoxy) is 1. The smallest absolute Gasteiger partial charge is 0.274 e. The van der Waals surface area contributed by atoms with E-state index in [1.165, 1.54) is 0 Å². The highest BCUT2D eigenvalue weighted by Crippen LogP contribution is 2.20. The van der Waals surface area contributed by atoms with Gasteiger partial charge in [0.05, 0.1) is 7.11 Å². The second-order valence-corrected chi connectivity index (χ2v) is 3.91. The molecule has 0 spiro atoms. The third-order valence-electron chi connectivity index (χ3n) is 2.70. The molecule has 0 fully saturated rings. The number of nitrogen functional groups attached to an aromatic ring is 1. The molecule has 0 atom stereocenters. The molecule has 94 valence electrons. The van der Waals surface area contributed by atoms with Crippen LogP contribution in [0.1, 0.15) is 10.5 Å². The molecule has 0 unspecified atom stereocenters. The summed E-state index contributed by atoms with van der Waals surface area (Å²) in [7, 11) is 3.31. The van der Waals surface area contributed by atoms with Gasteiger partial charge in [-0.25, -0.2) is 0 Å². The van der Waals surface area contributed by atoms with Crippen LogP contribution in [-0.2, 0) is 0 Å². The molecule has 0 aliphatic heterocycles. The van der Waals surface area contributed by atoms with Crippen molar-refractivity contribution in [3.63, 3.8) is 0 Å². The van der Waals surface area contributed by atoms with Crippen molar-refractivity contribution in [2.24, 2.45) is 0 Å². The molecule has 0 saturated carbocycles. The first kappa shape index (κ1) is 12.0. The van der Waals surface area contributed by atoms with Crippen LogP contribution in [0.5, 0.6) is 5.75 Å². The predicted octanol–water partition coefficient (Wildman–Crippen LogP) is 1.88. The monoisotopic (exact) mass is 245 g/mol. The van der Waals surface area contributed by atoms with E-state index >= 15 is 0 Å². The Hall–Kier alpha value is -2.43. The highest BCUT2D eigenvalue weighted by Gasteiger charge is 2.14. The summed E-state index contributed by atoms with van der Waals surface area (Å²) in [6.45, 7) is 0. The largest absolute Gasteiger partial charge is 0.497 e. The van der Waals surface area contributed by atoms with Gasteiger partial charge in [0, 0.05) is 24.6 Å². The molecule has 5 nitrogen and oxygen atoms in total. The average Bonchev–Trinajstić information content (AvgIpc) is 2.84. The van der Waals surface area contributed by atoms with E-state index in [9.17, 15) is 4.79 Å². The van der Waals surface area contributed by atoms with Gasteiger partial charge < -0.3 is 20.4 Å². The number of benzene rings is 1. The number of nitrogens with one attached hydrogen (secondary N) is 1. The first-order chi connectivity index (χ1) is 8.61. The van der Waals surface area contributed by atoms with Crippen molar-refractivity contribution in [2.45, 2.75) is 0 Å². The number of amides is 1. The molecule has 3 N–H and O–H groups in total. The Morgan fingerprint density at radius 3 is 2.50 bits per heavy atom. The lowest BCUT2D eigenvalue weighted by atomic mass is 10.2. The molecule has 0 radical (unpaired) electrons. The number of methoxy groups -OCH3 is 1. The van der Waals surface area contributed by atoms with Gasteiger partial charge in [0.2, 0.25) is 0 Å². The SMILES string of the molecule is COc1ccc(N(C)C(=O)c2cc(N)c[nH]2)cc1. The fourth-order valence-corrected chi connectivity index (χ4v) is 1.64. The van der Waals surface area contributed by atoms with Crippen molar-refractivity contribution in [1.29, 1.82) is 0 Å². The zero-order chi connectivity index (χ0) is 13.1. The molecule has 0 aliphatic carbocycles. The lowest BCUT2D eigenvalue weighted by Gasteiger charge is -2.16. The predicted molar refractivity (Wildman–Crippen MR) is 70.9 cm³/mol. The van der Waals surface area contributed by atoms with Crippen LogP contribution in [-0.4, -0.2) is 25.0 Å². The van der Waals surface area contributed by atoms with Crippen LogP contribution in [0.2, 0.25) is 0 Å². The minimum Gasteiger partial charge on any atom is -0.497 e. The molecule has 1 amide bonds. The van der Waals surface area contributed by atoms with Crippen molar-refractivity contribution in [1.82, 2.24) is 4.98 Å².